The molecule has 4 aromatic rings. The number of hydrogen-bond donors (Lipinski definition) is 3. The van der Waals surface area contributed by atoms with Crippen molar-refractivity contribution >= 4 is 33.4 Å². The van der Waals surface area contributed by atoms with Gasteiger partial charge < -0.3 is 20.5 Å². The number of nitrogens with two attached hydrogens (primary N) is 1. The average Bonchev–Trinajstić information content (AvgIpc) is 3.22. The van der Waals surface area contributed by atoms with Crippen molar-refractivity contribution in [3.63, 3.8) is 0 Å². The van der Waals surface area contributed by atoms with Gasteiger partial charge in [-0.1, -0.05) is 54.6 Å². The van der Waals surface area contributed by atoms with Crippen LogP contribution < -0.4 is 11.1 Å². The number of aromatic nitrogens is 1. The van der Waals surface area contributed by atoms with Gasteiger partial charge in [-0.05, 0) is 68.2 Å². The molecule has 1 heterocycles. The molecule has 1 saturated carbocycles. The van der Waals surface area contributed by atoms with Gasteiger partial charge in [0.25, 0.3) is 5.91 Å². The molecule has 4 N–H and O–H groups in total. The van der Waals surface area contributed by atoms with E-state index >= 15 is 0 Å². The van der Waals surface area contributed by atoms with Gasteiger partial charge in [-0.25, -0.2) is 0 Å². The zero-order chi connectivity index (χ0) is 24.5. The van der Waals surface area contributed by atoms with Gasteiger partial charge in [0.1, 0.15) is 11.5 Å². The van der Waals surface area contributed by atoms with E-state index in [-0.39, 0.29) is 17.8 Å². The molecule has 180 valence electrons. The molecule has 1 aliphatic carbocycles. The van der Waals surface area contributed by atoms with E-state index in [0.29, 0.717) is 23.8 Å². The smallest absolute Gasteiger partial charge is 0.268 e. The maximum Gasteiger partial charge on any atom is 0.268 e. The number of fused-ring (bicyclic) bond motifs is 2. The molecule has 6 heteroatoms. The van der Waals surface area contributed by atoms with Crippen molar-refractivity contribution in [1.82, 2.24) is 14.8 Å². The molecule has 1 aromatic heterocycles. The summed E-state index contributed by atoms with van der Waals surface area (Å²) in [7, 11) is 4.26. The molecule has 0 aliphatic heterocycles. The fourth-order valence-electron chi connectivity index (χ4n) is 5.38. The normalized spacial score (nSPS) is 18.3. The van der Waals surface area contributed by atoms with Crippen LogP contribution in [-0.2, 0) is 6.54 Å². The Bertz CT molecular complexity index is 1390. The van der Waals surface area contributed by atoms with Gasteiger partial charge in [-0.2, -0.15) is 0 Å². The Morgan fingerprint density at radius 2 is 1.74 bits per heavy atom. The number of rotatable bonds is 6. The third kappa shape index (κ3) is 4.66. The van der Waals surface area contributed by atoms with E-state index in [0.717, 1.165) is 42.1 Å². The van der Waals surface area contributed by atoms with Gasteiger partial charge in [0.15, 0.2) is 0 Å². The first-order valence-electron chi connectivity index (χ1n) is 12.3. The Morgan fingerprint density at radius 3 is 2.49 bits per heavy atom. The summed E-state index contributed by atoms with van der Waals surface area (Å²) in [5.41, 5.74) is 9.15. The molecule has 5 rings (SSSR count). The molecule has 0 saturated heterocycles. The van der Waals surface area contributed by atoms with Crippen LogP contribution in [0.15, 0.2) is 66.7 Å². The van der Waals surface area contributed by atoms with E-state index in [1.165, 1.54) is 10.8 Å². The third-order valence-corrected chi connectivity index (χ3v) is 7.42. The molecule has 1 amide bonds. The van der Waals surface area contributed by atoms with Gasteiger partial charge >= 0.3 is 0 Å². The number of nitrogens with one attached hydrogen (secondary N) is 2. The van der Waals surface area contributed by atoms with E-state index in [9.17, 15) is 4.79 Å². The van der Waals surface area contributed by atoms with Crippen LogP contribution in [0.25, 0.3) is 21.7 Å². The second kappa shape index (κ2) is 9.55. The number of amides is 1. The first-order valence-corrected chi connectivity index (χ1v) is 12.3. The van der Waals surface area contributed by atoms with Crippen LogP contribution in [0.4, 0.5) is 0 Å². The number of benzene rings is 3. The molecule has 6 nitrogen and oxygen atoms in total. The summed E-state index contributed by atoms with van der Waals surface area (Å²) in [6.07, 6.45) is 4.18. The molecule has 0 atom stereocenters. The van der Waals surface area contributed by atoms with Crippen molar-refractivity contribution in [3.8, 4) is 0 Å². The average molecular weight is 468 g/mol. The Balaban J connectivity index is 1.51. The molecule has 1 aliphatic rings. The standard InChI is InChI=1S/C29H33N5O/c1-33(2)24-14-12-23(13-15-24)32-29(35)27-16-20-10-11-21(28(30)31)17-26(20)34(27)18-22-8-5-7-19-6-3-4-9-25(19)22/h3-11,16-17,23-24H,12-15,18H2,1-2H3,(H3,30,31)(H,32,35). The van der Waals surface area contributed by atoms with Crippen LogP contribution in [0.3, 0.4) is 0 Å². The fraction of sp³-hybridized carbons (Fsp3) is 0.310. The van der Waals surface area contributed by atoms with Crippen molar-refractivity contribution in [2.24, 2.45) is 5.73 Å². The molecular weight excluding hydrogens is 434 g/mol. The highest BCUT2D eigenvalue weighted by atomic mass is 16.2. The van der Waals surface area contributed by atoms with Gasteiger partial charge in [-0.15, -0.1) is 0 Å². The summed E-state index contributed by atoms with van der Waals surface area (Å²) in [5.74, 6) is -0.0208. The van der Waals surface area contributed by atoms with Crippen LogP contribution in [0.2, 0.25) is 0 Å². The van der Waals surface area contributed by atoms with E-state index in [1.54, 1.807) is 0 Å². The maximum absolute atomic E-state index is 13.6. The van der Waals surface area contributed by atoms with Crippen molar-refractivity contribution in [1.29, 1.82) is 5.41 Å². The topological polar surface area (TPSA) is 87.1 Å². The van der Waals surface area contributed by atoms with E-state index in [2.05, 4.69) is 59.2 Å². The van der Waals surface area contributed by atoms with Gasteiger partial charge in [0, 0.05) is 35.1 Å². The second-order valence-corrected chi connectivity index (χ2v) is 9.88. The monoisotopic (exact) mass is 467 g/mol. The van der Waals surface area contributed by atoms with Crippen molar-refractivity contribution < 1.29 is 4.79 Å². The van der Waals surface area contributed by atoms with Crippen LogP contribution >= 0.6 is 0 Å². The summed E-state index contributed by atoms with van der Waals surface area (Å²) < 4.78 is 2.07. The first-order chi connectivity index (χ1) is 16.9. The summed E-state index contributed by atoms with van der Waals surface area (Å²) in [6.45, 7) is 0.558. The van der Waals surface area contributed by atoms with Crippen LogP contribution in [0.5, 0.6) is 0 Å². The quantitative estimate of drug-likeness (QED) is 0.283. The van der Waals surface area contributed by atoms with E-state index in [4.69, 9.17) is 11.1 Å². The number of nitrogen functional groups attached to an aromatic ring is 1. The Kier molecular flexibility index (Phi) is 6.31. The van der Waals surface area contributed by atoms with E-state index < -0.39 is 0 Å². The van der Waals surface area contributed by atoms with Crippen molar-refractivity contribution in [3.05, 3.63) is 83.6 Å². The summed E-state index contributed by atoms with van der Waals surface area (Å²) in [4.78, 5) is 15.9. The molecule has 0 unspecified atom stereocenters. The number of carbonyl (C=O) groups is 1. The predicted octanol–water partition coefficient (Wildman–Crippen LogP) is 4.73. The first kappa shape index (κ1) is 23.1. The molecule has 0 bridgehead atoms. The zero-order valence-electron chi connectivity index (χ0n) is 20.4. The lowest BCUT2D eigenvalue weighted by Gasteiger charge is -2.33. The Labute approximate surface area is 206 Å². The SMILES string of the molecule is CN(C)C1CCC(NC(=O)c2cc3ccc(C(=N)N)cc3n2Cc2cccc3ccccc23)CC1. The minimum Gasteiger partial charge on any atom is -0.384 e. The lowest BCUT2D eigenvalue weighted by molar-refractivity contribution is 0.0907. The number of carbonyl (C=O) groups excluding carboxylic acids is 1. The second-order valence-electron chi connectivity index (χ2n) is 9.88. The highest BCUT2D eigenvalue weighted by Gasteiger charge is 2.25. The minimum absolute atomic E-state index is 0.0217. The third-order valence-electron chi connectivity index (χ3n) is 7.42. The summed E-state index contributed by atoms with van der Waals surface area (Å²) in [5, 5.41) is 14.5. The van der Waals surface area contributed by atoms with Crippen molar-refractivity contribution in [2.75, 3.05) is 14.1 Å². The van der Waals surface area contributed by atoms with Gasteiger partial charge in [-0.3, -0.25) is 10.2 Å². The highest BCUT2D eigenvalue weighted by molar-refractivity contribution is 6.02. The Morgan fingerprint density at radius 1 is 1.00 bits per heavy atom. The summed E-state index contributed by atoms with van der Waals surface area (Å²) in [6, 6.07) is 23.1. The molecule has 0 spiro atoms. The number of amidine groups is 1. The minimum atomic E-state index is -0.0425. The largest absolute Gasteiger partial charge is 0.384 e. The summed E-state index contributed by atoms with van der Waals surface area (Å²) >= 11 is 0. The lowest BCUT2D eigenvalue weighted by Crippen LogP contribution is -2.42. The molecule has 3 aromatic carbocycles. The van der Waals surface area contributed by atoms with Crippen LogP contribution in [0, 0.1) is 5.41 Å². The number of nitrogens with zero attached hydrogens (tertiary/aromatic N) is 2. The van der Waals surface area contributed by atoms with E-state index in [1.807, 2.05) is 36.4 Å². The maximum atomic E-state index is 13.6. The van der Waals surface area contributed by atoms with Gasteiger partial charge in [0.2, 0.25) is 0 Å². The number of hydrogen-bond acceptors (Lipinski definition) is 3. The molecular formula is C29H33N5O. The molecule has 1 fully saturated rings. The van der Waals surface area contributed by atoms with Gasteiger partial charge in [0.05, 0.1) is 0 Å². The lowest BCUT2D eigenvalue weighted by atomic mass is 9.90. The fourth-order valence-corrected chi connectivity index (χ4v) is 5.38. The molecule has 35 heavy (non-hydrogen) atoms. The Hall–Kier alpha value is -3.64. The predicted molar refractivity (Wildman–Crippen MR) is 143 cm³/mol. The van der Waals surface area contributed by atoms with Crippen LogP contribution in [-0.4, -0.2) is 47.4 Å². The molecule has 0 radical (unpaired) electrons. The van der Waals surface area contributed by atoms with Crippen LogP contribution in [0.1, 0.15) is 47.3 Å². The van der Waals surface area contributed by atoms with Crippen molar-refractivity contribution in [2.45, 2.75) is 44.3 Å². The highest BCUT2D eigenvalue weighted by Crippen LogP contribution is 2.27. The zero-order valence-corrected chi connectivity index (χ0v) is 20.4.